The minimum atomic E-state index is 0.0959. The second-order valence-electron chi connectivity index (χ2n) is 5.62. The largest absolute Gasteiger partial charge is 0.493 e. The van der Waals surface area contributed by atoms with Gasteiger partial charge in [0.25, 0.3) is 0 Å². The van der Waals surface area contributed by atoms with Crippen molar-refractivity contribution in [2.45, 2.75) is 19.4 Å². The van der Waals surface area contributed by atoms with E-state index >= 15 is 0 Å². The Morgan fingerprint density at radius 3 is 2.10 bits per heavy atom. The zero-order chi connectivity index (χ0) is 14.8. The van der Waals surface area contributed by atoms with Crippen molar-refractivity contribution in [1.82, 2.24) is 5.32 Å². The van der Waals surface area contributed by atoms with E-state index in [-0.39, 0.29) is 5.54 Å². The van der Waals surface area contributed by atoms with Crippen molar-refractivity contribution in [2.75, 3.05) is 45.9 Å². The summed E-state index contributed by atoms with van der Waals surface area (Å²) < 4.78 is 16.2. The van der Waals surface area contributed by atoms with E-state index in [0.29, 0.717) is 17.2 Å². The fourth-order valence-electron chi connectivity index (χ4n) is 2.61. The van der Waals surface area contributed by atoms with Crippen LogP contribution in [0.4, 0.5) is 5.69 Å². The Kier molecular flexibility index (Phi) is 4.28. The Labute approximate surface area is 120 Å². The summed E-state index contributed by atoms with van der Waals surface area (Å²) in [6.45, 7) is 7.27. The molecule has 0 spiro atoms. The summed E-state index contributed by atoms with van der Waals surface area (Å²) in [7, 11) is 4.90. The van der Waals surface area contributed by atoms with Crippen LogP contribution in [0.2, 0.25) is 0 Å². The molecule has 0 unspecified atom stereocenters. The molecule has 1 N–H and O–H groups in total. The molecule has 0 radical (unpaired) electrons. The van der Waals surface area contributed by atoms with E-state index in [2.05, 4.69) is 24.1 Å². The van der Waals surface area contributed by atoms with Gasteiger partial charge in [0.05, 0.1) is 21.3 Å². The molecule has 0 amide bonds. The van der Waals surface area contributed by atoms with E-state index in [1.54, 1.807) is 21.3 Å². The van der Waals surface area contributed by atoms with Crippen LogP contribution in [0.1, 0.15) is 13.8 Å². The molecule has 1 heterocycles. The average Bonchev–Trinajstić information content (AvgIpc) is 2.44. The quantitative estimate of drug-likeness (QED) is 0.912. The molecule has 2 rings (SSSR count). The monoisotopic (exact) mass is 280 g/mol. The molecular weight excluding hydrogens is 256 g/mol. The molecule has 1 aliphatic heterocycles. The lowest BCUT2D eigenvalue weighted by molar-refractivity contribution is 0.323. The Morgan fingerprint density at radius 2 is 1.65 bits per heavy atom. The summed E-state index contributed by atoms with van der Waals surface area (Å²) in [4.78, 5) is 2.33. The molecule has 20 heavy (non-hydrogen) atoms. The van der Waals surface area contributed by atoms with Crippen molar-refractivity contribution in [2.24, 2.45) is 0 Å². The van der Waals surface area contributed by atoms with Crippen molar-refractivity contribution in [3.8, 4) is 17.2 Å². The molecule has 1 aliphatic rings. The van der Waals surface area contributed by atoms with Gasteiger partial charge in [0.15, 0.2) is 11.5 Å². The number of methoxy groups -OCH3 is 3. The smallest absolute Gasteiger partial charge is 0.203 e. The van der Waals surface area contributed by atoms with Gasteiger partial charge in [0.1, 0.15) is 0 Å². The summed E-state index contributed by atoms with van der Waals surface area (Å²) in [5.41, 5.74) is 1.19. The molecule has 1 saturated heterocycles. The molecule has 0 aliphatic carbocycles. The van der Waals surface area contributed by atoms with E-state index in [1.807, 2.05) is 12.1 Å². The molecule has 0 saturated carbocycles. The Morgan fingerprint density at radius 1 is 1.05 bits per heavy atom. The first-order valence-electron chi connectivity index (χ1n) is 6.80. The Bertz CT molecular complexity index is 449. The lowest BCUT2D eigenvalue weighted by atomic mass is 10.0. The van der Waals surface area contributed by atoms with Gasteiger partial charge in [-0.25, -0.2) is 0 Å². The van der Waals surface area contributed by atoms with Crippen LogP contribution in [-0.4, -0.2) is 46.5 Å². The number of nitrogens with zero attached hydrogens (tertiary/aromatic N) is 1. The number of rotatable bonds is 4. The van der Waals surface area contributed by atoms with E-state index in [9.17, 15) is 0 Å². The molecular formula is C15H24N2O3. The predicted octanol–water partition coefficient (Wildman–Crippen LogP) is 1.90. The summed E-state index contributed by atoms with van der Waals surface area (Å²) in [6.07, 6.45) is 0. The highest BCUT2D eigenvalue weighted by atomic mass is 16.5. The summed E-state index contributed by atoms with van der Waals surface area (Å²) in [5, 5.41) is 3.51. The zero-order valence-electron chi connectivity index (χ0n) is 12.9. The van der Waals surface area contributed by atoms with Crippen LogP contribution in [-0.2, 0) is 0 Å². The van der Waals surface area contributed by atoms with Crippen LogP contribution >= 0.6 is 0 Å². The first-order chi connectivity index (χ1) is 9.50. The van der Waals surface area contributed by atoms with Crippen LogP contribution in [0.25, 0.3) is 0 Å². The number of piperazine rings is 1. The van der Waals surface area contributed by atoms with E-state index in [0.717, 1.165) is 25.3 Å². The third-order valence-electron chi connectivity index (χ3n) is 3.59. The van der Waals surface area contributed by atoms with E-state index in [1.165, 1.54) is 0 Å². The van der Waals surface area contributed by atoms with Crippen LogP contribution < -0.4 is 24.4 Å². The van der Waals surface area contributed by atoms with Gasteiger partial charge in [-0.2, -0.15) is 0 Å². The van der Waals surface area contributed by atoms with Gasteiger partial charge in [-0.1, -0.05) is 0 Å². The van der Waals surface area contributed by atoms with Crippen molar-refractivity contribution in [3.63, 3.8) is 0 Å². The highest BCUT2D eigenvalue weighted by Crippen LogP contribution is 2.41. The molecule has 112 valence electrons. The van der Waals surface area contributed by atoms with Gasteiger partial charge in [0, 0.05) is 43.0 Å². The number of nitrogens with one attached hydrogen (secondary N) is 1. The second kappa shape index (κ2) is 5.79. The summed E-state index contributed by atoms with van der Waals surface area (Å²) in [6, 6.07) is 4.01. The number of hydrogen-bond donors (Lipinski definition) is 1. The lowest BCUT2D eigenvalue weighted by Gasteiger charge is -2.40. The summed E-state index contributed by atoms with van der Waals surface area (Å²) >= 11 is 0. The topological polar surface area (TPSA) is 43.0 Å². The van der Waals surface area contributed by atoms with Crippen LogP contribution in [0.5, 0.6) is 17.2 Å². The summed E-state index contributed by atoms with van der Waals surface area (Å²) in [5.74, 6) is 2.02. The maximum absolute atomic E-state index is 5.41. The van der Waals surface area contributed by atoms with Gasteiger partial charge < -0.3 is 24.4 Å². The minimum absolute atomic E-state index is 0.0959. The second-order valence-corrected chi connectivity index (χ2v) is 5.62. The molecule has 0 atom stereocenters. The van der Waals surface area contributed by atoms with Gasteiger partial charge in [0.2, 0.25) is 5.75 Å². The molecule has 5 nitrogen and oxygen atoms in total. The van der Waals surface area contributed by atoms with E-state index in [4.69, 9.17) is 14.2 Å². The maximum atomic E-state index is 5.41. The first kappa shape index (κ1) is 14.8. The maximum Gasteiger partial charge on any atom is 0.203 e. The van der Waals surface area contributed by atoms with Crippen molar-refractivity contribution in [1.29, 1.82) is 0 Å². The third kappa shape index (κ3) is 2.93. The fraction of sp³-hybridized carbons (Fsp3) is 0.600. The predicted molar refractivity (Wildman–Crippen MR) is 80.4 cm³/mol. The molecule has 1 aromatic rings. The van der Waals surface area contributed by atoms with Crippen LogP contribution in [0.15, 0.2) is 12.1 Å². The van der Waals surface area contributed by atoms with Crippen LogP contribution in [0.3, 0.4) is 0 Å². The molecule has 0 bridgehead atoms. The SMILES string of the molecule is COc1cc(N2CCNC(C)(C)C2)cc(OC)c1OC. The standard InChI is InChI=1S/C15H24N2O3/c1-15(2)10-17(7-6-16-15)11-8-12(18-3)14(20-5)13(9-11)19-4/h8-9,16H,6-7,10H2,1-5H3. The number of benzene rings is 1. The highest BCUT2D eigenvalue weighted by molar-refractivity contribution is 5.64. The molecule has 1 fully saturated rings. The Balaban J connectivity index is 2.36. The Hall–Kier alpha value is -1.62. The van der Waals surface area contributed by atoms with Gasteiger partial charge in [-0.05, 0) is 13.8 Å². The van der Waals surface area contributed by atoms with Gasteiger partial charge in [-0.3, -0.25) is 0 Å². The van der Waals surface area contributed by atoms with Gasteiger partial charge in [-0.15, -0.1) is 0 Å². The number of ether oxygens (including phenoxy) is 3. The zero-order valence-corrected chi connectivity index (χ0v) is 12.9. The minimum Gasteiger partial charge on any atom is -0.493 e. The van der Waals surface area contributed by atoms with E-state index < -0.39 is 0 Å². The first-order valence-corrected chi connectivity index (χ1v) is 6.80. The fourth-order valence-corrected chi connectivity index (χ4v) is 2.61. The van der Waals surface area contributed by atoms with Gasteiger partial charge >= 0.3 is 0 Å². The molecule has 0 aromatic heterocycles. The van der Waals surface area contributed by atoms with Crippen molar-refractivity contribution >= 4 is 5.69 Å². The number of anilines is 1. The molecule has 5 heteroatoms. The lowest BCUT2D eigenvalue weighted by Crippen LogP contribution is -2.57. The van der Waals surface area contributed by atoms with Crippen molar-refractivity contribution in [3.05, 3.63) is 12.1 Å². The molecule has 1 aromatic carbocycles. The number of hydrogen-bond acceptors (Lipinski definition) is 5. The van der Waals surface area contributed by atoms with Crippen LogP contribution in [0, 0.1) is 0 Å². The van der Waals surface area contributed by atoms with Crippen molar-refractivity contribution < 1.29 is 14.2 Å². The third-order valence-corrected chi connectivity index (χ3v) is 3.59. The highest BCUT2D eigenvalue weighted by Gasteiger charge is 2.27. The normalized spacial score (nSPS) is 17.8. The average molecular weight is 280 g/mol.